The van der Waals surface area contributed by atoms with Crippen LogP contribution in [-0.2, 0) is 4.79 Å². The maximum absolute atomic E-state index is 12.9. The molecule has 0 N–H and O–H groups in total. The molecule has 0 heterocycles. The summed E-state index contributed by atoms with van der Waals surface area (Å²) in [7, 11) is 3.29. The zero-order valence-electron chi connectivity index (χ0n) is 14.0. The highest BCUT2D eigenvalue weighted by Gasteiger charge is 2.63. The Morgan fingerprint density at radius 3 is 2.45 bits per heavy atom. The average Bonchev–Trinajstić information content (AvgIpc) is 2.81. The maximum atomic E-state index is 12.9. The van der Waals surface area contributed by atoms with Gasteiger partial charge in [-0.25, -0.2) is 0 Å². The maximum Gasteiger partial charge on any atom is 0.165 e. The molecule has 22 heavy (non-hydrogen) atoms. The second kappa shape index (κ2) is 4.87. The van der Waals surface area contributed by atoms with Gasteiger partial charge in [-0.05, 0) is 48.4 Å². The fraction of sp³-hybridized carbons (Fsp3) is 0.526. The Hall–Kier alpha value is -1.77. The van der Waals surface area contributed by atoms with Crippen molar-refractivity contribution in [2.24, 2.45) is 16.7 Å². The van der Waals surface area contributed by atoms with Crippen LogP contribution in [-0.4, -0.2) is 20.0 Å². The molecular formula is C19H24O3. The van der Waals surface area contributed by atoms with Crippen molar-refractivity contribution in [3.63, 3.8) is 0 Å². The van der Waals surface area contributed by atoms with Crippen LogP contribution in [0.5, 0.6) is 11.5 Å². The molecular weight excluding hydrogens is 276 g/mol. The molecule has 2 fully saturated rings. The Bertz CT molecular complexity index is 657. The summed E-state index contributed by atoms with van der Waals surface area (Å²) in [6, 6.07) is 5.69. The Morgan fingerprint density at radius 1 is 1.18 bits per heavy atom. The van der Waals surface area contributed by atoms with Gasteiger partial charge in [0, 0.05) is 16.6 Å². The van der Waals surface area contributed by atoms with E-state index in [0.29, 0.717) is 11.7 Å². The second-order valence-corrected chi connectivity index (χ2v) is 7.18. The summed E-state index contributed by atoms with van der Waals surface area (Å²) in [6.45, 7) is 6.58. The smallest absolute Gasteiger partial charge is 0.165 e. The first kappa shape index (κ1) is 15.1. The van der Waals surface area contributed by atoms with E-state index >= 15 is 0 Å². The molecule has 3 nitrogen and oxygen atoms in total. The molecule has 0 radical (unpaired) electrons. The van der Waals surface area contributed by atoms with Gasteiger partial charge in [0.2, 0.25) is 0 Å². The first-order valence-corrected chi connectivity index (χ1v) is 7.83. The number of allylic oxidation sites excluding steroid dienone is 1. The van der Waals surface area contributed by atoms with Gasteiger partial charge in [-0.1, -0.05) is 20.8 Å². The number of ether oxygens (including phenoxy) is 2. The first-order chi connectivity index (χ1) is 10.3. The average molecular weight is 300 g/mol. The highest BCUT2D eigenvalue weighted by molar-refractivity contribution is 6.08. The summed E-state index contributed by atoms with van der Waals surface area (Å²) in [4.78, 5) is 12.9. The highest BCUT2D eigenvalue weighted by atomic mass is 16.5. The molecule has 2 unspecified atom stereocenters. The molecule has 2 atom stereocenters. The van der Waals surface area contributed by atoms with Crippen LogP contribution in [0.15, 0.2) is 23.8 Å². The van der Waals surface area contributed by atoms with E-state index in [-0.39, 0.29) is 10.8 Å². The van der Waals surface area contributed by atoms with Gasteiger partial charge < -0.3 is 9.47 Å². The Kier molecular flexibility index (Phi) is 3.35. The van der Waals surface area contributed by atoms with Gasteiger partial charge in [0.15, 0.2) is 5.78 Å². The van der Waals surface area contributed by atoms with Crippen molar-refractivity contribution in [2.45, 2.75) is 33.6 Å². The van der Waals surface area contributed by atoms with E-state index in [0.717, 1.165) is 35.5 Å². The number of carbonyl (C=O) groups excluding carboxylic acids is 1. The van der Waals surface area contributed by atoms with Gasteiger partial charge in [-0.2, -0.15) is 0 Å². The lowest BCUT2D eigenvalue weighted by molar-refractivity contribution is -0.125. The normalized spacial score (nSPS) is 30.9. The predicted octanol–water partition coefficient (Wildman–Crippen LogP) is 4.11. The lowest BCUT2D eigenvalue weighted by Crippen LogP contribution is -2.32. The third-order valence-corrected chi connectivity index (χ3v) is 6.11. The lowest BCUT2D eigenvalue weighted by Gasteiger charge is -2.31. The minimum atomic E-state index is -0.227. The van der Waals surface area contributed by atoms with Crippen molar-refractivity contribution < 1.29 is 14.3 Å². The second-order valence-electron chi connectivity index (χ2n) is 7.18. The number of carbonyl (C=O) groups is 1. The van der Waals surface area contributed by atoms with Crippen molar-refractivity contribution in [2.75, 3.05) is 14.2 Å². The summed E-state index contributed by atoms with van der Waals surface area (Å²) in [5, 5.41) is 0. The van der Waals surface area contributed by atoms with E-state index in [1.807, 2.05) is 24.3 Å². The predicted molar refractivity (Wildman–Crippen MR) is 87.1 cm³/mol. The number of fused-ring (bicyclic) bond motifs is 2. The van der Waals surface area contributed by atoms with E-state index in [4.69, 9.17) is 9.47 Å². The number of rotatable bonds is 3. The van der Waals surface area contributed by atoms with Gasteiger partial charge in [0.1, 0.15) is 11.5 Å². The number of ketones is 1. The third kappa shape index (κ3) is 1.84. The van der Waals surface area contributed by atoms with Crippen molar-refractivity contribution in [3.05, 3.63) is 29.3 Å². The lowest BCUT2D eigenvalue weighted by atomic mass is 9.70. The molecule has 3 heteroatoms. The van der Waals surface area contributed by atoms with Crippen LogP contribution < -0.4 is 9.47 Å². The third-order valence-electron chi connectivity index (χ3n) is 6.11. The van der Waals surface area contributed by atoms with E-state index < -0.39 is 0 Å². The van der Waals surface area contributed by atoms with E-state index in [1.54, 1.807) is 14.2 Å². The topological polar surface area (TPSA) is 35.5 Å². The van der Waals surface area contributed by atoms with E-state index in [1.165, 1.54) is 0 Å². The number of hydrogen-bond acceptors (Lipinski definition) is 3. The molecule has 0 aliphatic heterocycles. The van der Waals surface area contributed by atoms with Crippen molar-refractivity contribution in [1.29, 1.82) is 0 Å². The molecule has 118 valence electrons. The summed E-state index contributed by atoms with van der Waals surface area (Å²) < 4.78 is 10.7. The number of hydrogen-bond donors (Lipinski definition) is 0. The van der Waals surface area contributed by atoms with Crippen LogP contribution >= 0.6 is 0 Å². The van der Waals surface area contributed by atoms with Gasteiger partial charge in [-0.15, -0.1) is 0 Å². The fourth-order valence-electron chi connectivity index (χ4n) is 4.21. The number of methoxy groups -OCH3 is 2. The van der Waals surface area contributed by atoms with Gasteiger partial charge in [-0.3, -0.25) is 4.79 Å². The van der Waals surface area contributed by atoms with Crippen molar-refractivity contribution in [1.82, 2.24) is 0 Å². The standard InChI is InChI=1S/C19H24O3/c1-18(2)15-8-9-19(18,3)17(20)14(15)11-12-10-13(21-4)6-7-16(12)22-5/h6-7,10-11,15H,8-9H2,1-5H3. The molecule has 1 aromatic rings. The molecule has 1 aromatic carbocycles. The number of benzene rings is 1. The molecule has 0 spiro atoms. The van der Waals surface area contributed by atoms with Crippen molar-refractivity contribution in [3.8, 4) is 11.5 Å². The molecule has 3 rings (SSSR count). The summed E-state index contributed by atoms with van der Waals surface area (Å²) >= 11 is 0. The van der Waals surface area contributed by atoms with Crippen LogP contribution in [0.4, 0.5) is 0 Å². The minimum absolute atomic E-state index is 0.0298. The monoisotopic (exact) mass is 300 g/mol. The molecule has 2 bridgehead atoms. The molecule has 2 saturated carbocycles. The van der Waals surface area contributed by atoms with Crippen LogP contribution in [0.1, 0.15) is 39.2 Å². The molecule has 0 saturated heterocycles. The largest absolute Gasteiger partial charge is 0.497 e. The van der Waals surface area contributed by atoms with Gasteiger partial charge in [0.25, 0.3) is 0 Å². The fourth-order valence-corrected chi connectivity index (χ4v) is 4.21. The quantitative estimate of drug-likeness (QED) is 0.788. The summed E-state index contributed by atoms with van der Waals surface area (Å²) in [5.41, 5.74) is 1.67. The number of Topliss-reactive ketones (excluding diaryl/α,β-unsaturated/α-hetero) is 1. The Labute approximate surface area is 132 Å². The Morgan fingerprint density at radius 2 is 1.91 bits per heavy atom. The Balaban J connectivity index is 2.09. The van der Waals surface area contributed by atoms with Crippen LogP contribution in [0, 0.1) is 16.7 Å². The van der Waals surface area contributed by atoms with E-state index in [2.05, 4.69) is 20.8 Å². The van der Waals surface area contributed by atoms with Crippen molar-refractivity contribution >= 4 is 11.9 Å². The zero-order valence-corrected chi connectivity index (χ0v) is 14.0. The highest BCUT2D eigenvalue weighted by Crippen LogP contribution is 2.65. The minimum Gasteiger partial charge on any atom is -0.497 e. The van der Waals surface area contributed by atoms with Gasteiger partial charge >= 0.3 is 0 Å². The SMILES string of the molecule is COc1ccc(OC)c(C=C2C(=O)C3(C)CCC2C3(C)C)c1. The summed E-state index contributed by atoms with van der Waals surface area (Å²) in [6.07, 6.45) is 4.10. The van der Waals surface area contributed by atoms with Crippen LogP contribution in [0.25, 0.3) is 6.08 Å². The zero-order chi connectivity index (χ0) is 16.1. The van der Waals surface area contributed by atoms with Gasteiger partial charge in [0.05, 0.1) is 14.2 Å². The molecule has 2 aliphatic carbocycles. The summed E-state index contributed by atoms with van der Waals surface area (Å²) in [5.74, 6) is 2.18. The first-order valence-electron chi connectivity index (χ1n) is 7.83. The molecule has 0 amide bonds. The van der Waals surface area contributed by atoms with Crippen LogP contribution in [0.3, 0.4) is 0 Å². The van der Waals surface area contributed by atoms with Crippen LogP contribution in [0.2, 0.25) is 0 Å². The molecule has 2 aliphatic rings. The molecule has 0 aromatic heterocycles. The van der Waals surface area contributed by atoms with E-state index in [9.17, 15) is 4.79 Å².